The Bertz CT molecular complexity index is 1140. The number of nitrogens with one attached hydrogen (secondary N) is 1. The number of hydrogen-bond acceptors (Lipinski definition) is 6. The van der Waals surface area contributed by atoms with Gasteiger partial charge < -0.3 is 21.9 Å². The van der Waals surface area contributed by atoms with Crippen LogP contribution in [0.1, 0.15) is 67.2 Å². The highest BCUT2D eigenvalue weighted by atomic mass is 19.1. The summed E-state index contributed by atoms with van der Waals surface area (Å²) in [5.74, 6) is -1.83. The molecule has 0 radical (unpaired) electrons. The molecular weight excluding hydrogens is 440 g/mol. The summed E-state index contributed by atoms with van der Waals surface area (Å²) in [6.07, 6.45) is 7.84. The standard InChI is InChI=1S/C25H29F2N5O2/c1-2-25(21-13-30-12-20(32-21)24(34)31-15-10-16(33)11-15)8-4-5-14(23(25)29)9-19(28)22-17(26)6-3-7-18(22)27/h3,6-7,9,12-13,15-16,33H,2,4-5,8,10-11,28-29H2,1H3,(H,31,34)/b19-9-. The lowest BCUT2D eigenvalue weighted by Crippen LogP contribution is -2.47. The van der Waals surface area contributed by atoms with E-state index < -0.39 is 17.0 Å². The molecule has 1 heterocycles. The summed E-state index contributed by atoms with van der Waals surface area (Å²) in [6.45, 7) is 1.98. The molecule has 2 aliphatic rings. The molecule has 1 fully saturated rings. The van der Waals surface area contributed by atoms with Gasteiger partial charge in [-0.3, -0.25) is 9.78 Å². The fraction of sp³-hybridized carbons (Fsp3) is 0.400. The Morgan fingerprint density at radius 2 is 2.00 bits per heavy atom. The van der Waals surface area contributed by atoms with Crippen molar-refractivity contribution in [2.75, 3.05) is 0 Å². The van der Waals surface area contributed by atoms with Crippen LogP contribution in [0.25, 0.3) is 5.70 Å². The zero-order valence-corrected chi connectivity index (χ0v) is 19.0. The van der Waals surface area contributed by atoms with Crippen LogP contribution in [0.5, 0.6) is 0 Å². The number of nitrogens with zero attached hydrogens (tertiary/aromatic N) is 2. The van der Waals surface area contributed by atoms with Gasteiger partial charge in [-0.05, 0) is 62.3 Å². The predicted octanol–water partition coefficient (Wildman–Crippen LogP) is 3.05. The average Bonchev–Trinajstić information content (AvgIpc) is 2.79. The Kier molecular flexibility index (Phi) is 6.65. The number of hydrogen-bond donors (Lipinski definition) is 4. The Hall–Kier alpha value is -3.33. The van der Waals surface area contributed by atoms with Crippen molar-refractivity contribution in [1.29, 1.82) is 0 Å². The van der Waals surface area contributed by atoms with Crippen LogP contribution < -0.4 is 16.8 Å². The van der Waals surface area contributed by atoms with E-state index in [0.717, 1.165) is 18.6 Å². The smallest absolute Gasteiger partial charge is 0.271 e. The van der Waals surface area contributed by atoms with Gasteiger partial charge in [-0.25, -0.2) is 13.8 Å². The number of rotatable bonds is 6. The largest absolute Gasteiger partial charge is 0.401 e. The highest BCUT2D eigenvalue weighted by Crippen LogP contribution is 2.43. The second kappa shape index (κ2) is 9.50. The molecule has 0 saturated heterocycles. The maximum absolute atomic E-state index is 14.2. The molecule has 180 valence electrons. The molecule has 0 spiro atoms. The first-order valence-corrected chi connectivity index (χ1v) is 11.5. The van der Waals surface area contributed by atoms with Crippen LogP contribution in [0.3, 0.4) is 0 Å². The van der Waals surface area contributed by atoms with E-state index in [2.05, 4.69) is 15.3 Å². The molecule has 1 amide bonds. The lowest BCUT2D eigenvalue weighted by molar-refractivity contribution is 0.0560. The van der Waals surface area contributed by atoms with E-state index >= 15 is 0 Å². The highest BCUT2D eigenvalue weighted by Gasteiger charge is 2.39. The minimum Gasteiger partial charge on any atom is -0.401 e. The normalized spacial score (nSPS) is 25.1. The fourth-order valence-corrected chi connectivity index (χ4v) is 4.83. The molecule has 1 atom stereocenters. The zero-order valence-electron chi connectivity index (χ0n) is 19.0. The first kappa shape index (κ1) is 23.8. The van der Waals surface area contributed by atoms with Gasteiger partial charge >= 0.3 is 0 Å². The Labute approximate surface area is 197 Å². The van der Waals surface area contributed by atoms with Crippen molar-refractivity contribution in [3.05, 3.63) is 76.5 Å². The van der Waals surface area contributed by atoms with Crippen LogP contribution in [0.2, 0.25) is 0 Å². The van der Waals surface area contributed by atoms with Crippen LogP contribution in [-0.2, 0) is 5.41 Å². The number of aromatic nitrogens is 2. The topological polar surface area (TPSA) is 127 Å². The average molecular weight is 470 g/mol. The first-order chi connectivity index (χ1) is 16.2. The first-order valence-electron chi connectivity index (χ1n) is 11.5. The molecule has 7 nitrogen and oxygen atoms in total. The SMILES string of the molecule is CCC1(c2cncc(C(=O)NC3CC(O)C3)n2)CCCC(/C=C(\N)c2c(F)cccc2F)=C1N. The van der Waals surface area contributed by atoms with Crippen LogP contribution in [0.4, 0.5) is 8.78 Å². The minimum atomic E-state index is -0.742. The molecule has 1 saturated carbocycles. The number of carbonyl (C=O) groups is 1. The number of aliphatic hydroxyl groups is 1. The number of aliphatic hydroxyl groups excluding tert-OH is 1. The van der Waals surface area contributed by atoms with Crippen molar-refractivity contribution in [1.82, 2.24) is 15.3 Å². The maximum atomic E-state index is 14.2. The van der Waals surface area contributed by atoms with Crippen molar-refractivity contribution in [3.8, 4) is 0 Å². The lowest BCUT2D eigenvalue weighted by Gasteiger charge is -2.38. The summed E-state index contributed by atoms with van der Waals surface area (Å²) < 4.78 is 28.4. The molecule has 9 heteroatoms. The monoisotopic (exact) mass is 469 g/mol. The van der Waals surface area contributed by atoms with Crippen LogP contribution in [0.15, 0.2) is 47.9 Å². The predicted molar refractivity (Wildman–Crippen MR) is 124 cm³/mol. The van der Waals surface area contributed by atoms with Crippen molar-refractivity contribution in [3.63, 3.8) is 0 Å². The molecule has 1 aromatic carbocycles. The fourth-order valence-electron chi connectivity index (χ4n) is 4.83. The second-order valence-electron chi connectivity index (χ2n) is 9.01. The quantitative estimate of drug-likeness (QED) is 0.515. The van der Waals surface area contributed by atoms with Crippen LogP contribution >= 0.6 is 0 Å². The Morgan fingerprint density at radius 1 is 1.29 bits per heavy atom. The molecule has 0 bridgehead atoms. The summed E-state index contributed by atoms with van der Waals surface area (Å²) in [7, 11) is 0. The van der Waals surface area contributed by atoms with E-state index in [-0.39, 0.29) is 35.0 Å². The molecule has 34 heavy (non-hydrogen) atoms. The molecule has 2 aliphatic carbocycles. The van der Waals surface area contributed by atoms with Crippen molar-refractivity contribution >= 4 is 11.6 Å². The maximum Gasteiger partial charge on any atom is 0.271 e. The van der Waals surface area contributed by atoms with Gasteiger partial charge in [-0.15, -0.1) is 0 Å². The number of carbonyl (C=O) groups excluding carboxylic acids is 1. The molecular formula is C25H29F2N5O2. The minimum absolute atomic E-state index is 0.0395. The number of amides is 1. The van der Waals surface area contributed by atoms with Gasteiger partial charge in [-0.2, -0.15) is 0 Å². The molecule has 6 N–H and O–H groups in total. The summed E-state index contributed by atoms with van der Waals surface area (Å²) in [5, 5.41) is 12.3. The van der Waals surface area contributed by atoms with E-state index in [1.807, 2.05) is 6.92 Å². The number of halogens is 2. The van der Waals surface area contributed by atoms with Crippen LogP contribution in [0, 0.1) is 11.6 Å². The number of benzene rings is 1. The Balaban J connectivity index is 1.68. The van der Waals surface area contributed by atoms with Gasteiger partial charge in [0.25, 0.3) is 5.91 Å². The molecule has 1 aromatic heterocycles. The van der Waals surface area contributed by atoms with Gasteiger partial charge in [0.2, 0.25) is 0 Å². The van der Waals surface area contributed by atoms with E-state index in [9.17, 15) is 18.7 Å². The summed E-state index contributed by atoms with van der Waals surface area (Å²) in [5.41, 5.74) is 13.7. The van der Waals surface area contributed by atoms with Gasteiger partial charge in [0.1, 0.15) is 17.3 Å². The molecule has 0 aliphatic heterocycles. The van der Waals surface area contributed by atoms with Gasteiger partial charge in [0.15, 0.2) is 0 Å². The second-order valence-corrected chi connectivity index (χ2v) is 9.01. The highest BCUT2D eigenvalue weighted by molar-refractivity contribution is 5.92. The van der Waals surface area contributed by atoms with Gasteiger partial charge in [0, 0.05) is 23.6 Å². The van der Waals surface area contributed by atoms with Crippen molar-refractivity contribution in [2.45, 2.75) is 63.0 Å². The van der Waals surface area contributed by atoms with Crippen molar-refractivity contribution in [2.24, 2.45) is 11.5 Å². The summed E-state index contributed by atoms with van der Waals surface area (Å²) >= 11 is 0. The van der Waals surface area contributed by atoms with Gasteiger partial charge in [-0.1, -0.05) is 13.0 Å². The molecule has 2 aromatic rings. The van der Waals surface area contributed by atoms with Crippen LogP contribution in [-0.4, -0.2) is 33.1 Å². The van der Waals surface area contributed by atoms with E-state index in [1.54, 1.807) is 6.20 Å². The van der Waals surface area contributed by atoms with E-state index in [4.69, 9.17) is 11.5 Å². The van der Waals surface area contributed by atoms with E-state index in [0.29, 0.717) is 49.1 Å². The summed E-state index contributed by atoms with van der Waals surface area (Å²) in [4.78, 5) is 21.5. The third-order valence-corrected chi connectivity index (χ3v) is 6.90. The number of allylic oxidation sites excluding steroid dienone is 3. The zero-order chi connectivity index (χ0) is 24.5. The number of nitrogens with two attached hydrogens (primary N) is 2. The van der Waals surface area contributed by atoms with E-state index in [1.165, 1.54) is 18.3 Å². The van der Waals surface area contributed by atoms with Crippen molar-refractivity contribution < 1.29 is 18.7 Å². The third-order valence-electron chi connectivity index (χ3n) is 6.90. The Morgan fingerprint density at radius 3 is 2.65 bits per heavy atom. The lowest BCUT2D eigenvalue weighted by atomic mass is 9.69. The van der Waals surface area contributed by atoms with Gasteiger partial charge in [0.05, 0.1) is 29.0 Å². The third kappa shape index (κ3) is 4.40. The molecule has 4 rings (SSSR count). The summed E-state index contributed by atoms with van der Waals surface area (Å²) in [6, 6.07) is 3.52. The molecule has 1 unspecified atom stereocenters.